The van der Waals surface area contributed by atoms with Crippen LogP contribution in [0.25, 0.3) is 0 Å². The van der Waals surface area contributed by atoms with E-state index in [1.165, 1.54) is 56.7 Å². The number of rotatable bonds is 11. The van der Waals surface area contributed by atoms with E-state index >= 15 is 0 Å². The van der Waals surface area contributed by atoms with Gasteiger partial charge in [-0.15, -0.1) is 0 Å². The van der Waals surface area contributed by atoms with Crippen molar-refractivity contribution in [3.05, 3.63) is 0 Å². The first-order valence-corrected chi connectivity index (χ1v) is 9.58. The summed E-state index contributed by atoms with van der Waals surface area (Å²) < 4.78 is 0.802. The topological polar surface area (TPSA) is 20.3 Å². The molecule has 0 spiro atoms. The normalized spacial score (nSPS) is 17.0. The van der Waals surface area contributed by atoms with Crippen molar-refractivity contribution in [2.75, 3.05) is 5.75 Å². The molecule has 116 valence electrons. The molecule has 4 heteroatoms. The summed E-state index contributed by atoms with van der Waals surface area (Å²) in [6.07, 6.45) is 12.6. The standard InChI is InChI=1S/C16H29NOS2/c1-3-5-6-7-8-9-10-12-14(11-4-2)17-15(18)13-20-16(17)19/h14H,3-13H2,1-2H3. The summed E-state index contributed by atoms with van der Waals surface area (Å²) in [5, 5.41) is 0. The zero-order valence-electron chi connectivity index (χ0n) is 13.0. The molecule has 0 saturated carbocycles. The number of carbonyl (C=O) groups is 1. The van der Waals surface area contributed by atoms with Crippen molar-refractivity contribution in [2.24, 2.45) is 0 Å². The molecule has 0 aliphatic carbocycles. The largest absolute Gasteiger partial charge is 0.294 e. The Balaban J connectivity index is 2.25. The molecule has 0 aromatic rings. The summed E-state index contributed by atoms with van der Waals surface area (Å²) in [7, 11) is 0. The molecule has 2 nitrogen and oxygen atoms in total. The molecule has 0 aromatic carbocycles. The lowest BCUT2D eigenvalue weighted by Crippen LogP contribution is -2.38. The Kier molecular flexibility index (Phi) is 9.53. The number of nitrogens with zero attached hydrogens (tertiary/aromatic N) is 1. The van der Waals surface area contributed by atoms with Gasteiger partial charge in [-0.3, -0.25) is 9.69 Å². The van der Waals surface area contributed by atoms with Gasteiger partial charge >= 0.3 is 0 Å². The fourth-order valence-corrected chi connectivity index (χ4v) is 3.99. The van der Waals surface area contributed by atoms with Crippen LogP contribution in [0, 0.1) is 0 Å². The highest BCUT2D eigenvalue weighted by Crippen LogP contribution is 2.26. The summed E-state index contributed by atoms with van der Waals surface area (Å²) in [5.74, 6) is 0.775. The average molecular weight is 316 g/mol. The maximum Gasteiger partial charge on any atom is 0.238 e. The van der Waals surface area contributed by atoms with E-state index in [4.69, 9.17) is 12.2 Å². The molecule has 1 amide bonds. The van der Waals surface area contributed by atoms with Crippen molar-refractivity contribution < 1.29 is 4.79 Å². The molecule has 0 aromatic heterocycles. The van der Waals surface area contributed by atoms with E-state index in [2.05, 4.69) is 13.8 Å². The summed E-state index contributed by atoms with van der Waals surface area (Å²) >= 11 is 6.85. The van der Waals surface area contributed by atoms with Gasteiger partial charge in [-0.25, -0.2) is 0 Å². The van der Waals surface area contributed by atoms with E-state index in [-0.39, 0.29) is 5.91 Å². The van der Waals surface area contributed by atoms with Gasteiger partial charge in [0.1, 0.15) is 4.32 Å². The second-order valence-electron chi connectivity index (χ2n) is 5.67. The van der Waals surface area contributed by atoms with Crippen LogP contribution in [-0.2, 0) is 4.79 Å². The zero-order valence-corrected chi connectivity index (χ0v) is 14.7. The summed E-state index contributed by atoms with van der Waals surface area (Å²) in [6.45, 7) is 4.44. The van der Waals surface area contributed by atoms with E-state index in [9.17, 15) is 4.79 Å². The van der Waals surface area contributed by atoms with Gasteiger partial charge in [-0.1, -0.05) is 89.2 Å². The lowest BCUT2D eigenvalue weighted by Gasteiger charge is -2.27. The Hall–Kier alpha value is -0.0900. The highest BCUT2D eigenvalue weighted by Gasteiger charge is 2.32. The third kappa shape index (κ3) is 6.13. The van der Waals surface area contributed by atoms with Crippen molar-refractivity contribution in [3.63, 3.8) is 0 Å². The lowest BCUT2D eigenvalue weighted by molar-refractivity contribution is -0.125. The molecule has 1 aliphatic rings. The number of thioether (sulfide) groups is 1. The zero-order chi connectivity index (χ0) is 14.8. The Bertz CT molecular complexity index is 291. The number of hydrogen-bond donors (Lipinski definition) is 0. The first-order chi connectivity index (χ1) is 9.70. The molecule has 20 heavy (non-hydrogen) atoms. The van der Waals surface area contributed by atoms with Crippen LogP contribution in [0.4, 0.5) is 0 Å². The van der Waals surface area contributed by atoms with E-state index in [1.807, 2.05) is 4.90 Å². The van der Waals surface area contributed by atoms with Gasteiger partial charge in [0.25, 0.3) is 0 Å². The average Bonchev–Trinajstić information content (AvgIpc) is 2.76. The van der Waals surface area contributed by atoms with Crippen LogP contribution in [0.1, 0.15) is 78.1 Å². The first-order valence-electron chi connectivity index (χ1n) is 8.19. The quantitative estimate of drug-likeness (QED) is 0.388. The highest BCUT2D eigenvalue weighted by atomic mass is 32.2. The van der Waals surface area contributed by atoms with Crippen molar-refractivity contribution in [3.8, 4) is 0 Å². The molecule has 1 aliphatic heterocycles. The van der Waals surface area contributed by atoms with Gasteiger partial charge < -0.3 is 0 Å². The minimum absolute atomic E-state index is 0.224. The molecule has 0 radical (unpaired) electrons. The predicted molar refractivity (Wildman–Crippen MR) is 93.2 cm³/mol. The first kappa shape index (κ1) is 18.0. The minimum Gasteiger partial charge on any atom is -0.294 e. The lowest BCUT2D eigenvalue weighted by atomic mass is 10.0. The summed E-state index contributed by atoms with van der Waals surface area (Å²) in [4.78, 5) is 13.8. The van der Waals surface area contributed by atoms with Crippen LogP contribution >= 0.6 is 24.0 Å². The number of unbranched alkanes of at least 4 members (excludes halogenated alkanes) is 6. The predicted octanol–water partition coefficient (Wildman–Crippen LogP) is 5.16. The van der Waals surface area contributed by atoms with Crippen LogP contribution in [0.15, 0.2) is 0 Å². The Morgan fingerprint density at radius 1 is 1.05 bits per heavy atom. The van der Waals surface area contributed by atoms with Gasteiger partial charge in [0.2, 0.25) is 5.91 Å². The van der Waals surface area contributed by atoms with E-state index in [0.717, 1.165) is 23.6 Å². The van der Waals surface area contributed by atoms with Gasteiger partial charge in [0.15, 0.2) is 0 Å². The molecular weight excluding hydrogens is 286 g/mol. The minimum atomic E-state index is 0.224. The SMILES string of the molecule is CCCCCCCCCC(CCC)N1C(=O)CSC1=S. The summed E-state index contributed by atoms with van der Waals surface area (Å²) in [6, 6.07) is 0.352. The fourth-order valence-electron chi connectivity index (χ4n) is 2.79. The van der Waals surface area contributed by atoms with Crippen LogP contribution in [0.5, 0.6) is 0 Å². The maximum atomic E-state index is 11.9. The highest BCUT2D eigenvalue weighted by molar-refractivity contribution is 8.23. The molecule has 0 bridgehead atoms. The van der Waals surface area contributed by atoms with Crippen LogP contribution in [0.2, 0.25) is 0 Å². The molecule has 1 heterocycles. The van der Waals surface area contributed by atoms with E-state index in [1.54, 1.807) is 0 Å². The second-order valence-corrected chi connectivity index (χ2v) is 7.28. The van der Waals surface area contributed by atoms with Crippen molar-refractivity contribution in [1.29, 1.82) is 0 Å². The Labute approximate surface area is 134 Å². The fraction of sp³-hybridized carbons (Fsp3) is 0.875. The van der Waals surface area contributed by atoms with Crippen LogP contribution in [0.3, 0.4) is 0 Å². The smallest absolute Gasteiger partial charge is 0.238 e. The monoisotopic (exact) mass is 315 g/mol. The van der Waals surface area contributed by atoms with Gasteiger partial charge in [0, 0.05) is 6.04 Å². The van der Waals surface area contributed by atoms with Crippen molar-refractivity contribution in [2.45, 2.75) is 84.1 Å². The number of thiocarbonyl (C=S) groups is 1. The molecular formula is C16H29NOS2. The maximum absolute atomic E-state index is 11.9. The van der Waals surface area contributed by atoms with E-state index in [0.29, 0.717) is 11.8 Å². The van der Waals surface area contributed by atoms with Gasteiger partial charge in [0.05, 0.1) is 5.75 Å². The number of carbonyl (C=O) groups excluding carboxylic acids is 1. The Morgan fingerprint density at radius 2 is 1.70 bits per heavy atom. The number of hydrogen-bond acceptors (Lipinski definition) is 3. The van der Waals surface area contributed by atoms with Crippen molar-refractivity contribution >= 4 is 34.2 Å². The third-order valence-corrected chi connectivity index (χ3v) is 5.30. The Morgan fingerprint density at radius 3 is 2.25 bits per heavy atom. The van der Waals surface area contributed by atoms with Gasteiger partial charge in [-0.2, -0.15) is 0 Å². The van der Waals surface area contributed by atoms with Crippen LogP contribution < -0.4 is 0 Å². The van der Waals surface area contributed by atoms with Crippen LogP contribution in [-0.4, -0.2) is 26.9 Å². The molecule has 1 fully saturated rings. The molecule has 1 atom stereocenters. The summed E-state index contributed by atoms with van der Waals surface area (Å²) in [5.41, 5.74) is 0. The molecule has 1 unspecified atom stereocenters. The van der Waals surface area contributed by atoms with E-state index < -0.39 is 0 Å². The van der Waals surface area contributed by atoms with Crippen molar-refractivity contribution in [1.82, 2.24) is 4.90 Å². The molecule has 0 N–H and O–H groups in total. The second kappa shape index (κ2) is 10.6. The third-order valence-electron chi connectivity index (χ3n) is 3.91. The number of amides is 1. The molecule has 1 rings (SSSR count). The molecule has 1 saturated heterocycles. The van der Waals surface area contributed by atoms with Gasteiger partial charge in [-0.05, 0) is 12.8 Å².